The summed E-state index contributed by atoms with van der Waals surface area (Å²) in [5, 5.41) is 14.3. The maximum absolute atomic E-state index is 12.3. The number of hydrogen-bond acceptors (Lipinski definition) is 3. The molecule has 1 atom stereocenters. The van der Waals surface area contributed by atoms with Crippen molar-refractivity contribution in [2.45, 2.75) is 25.6 Å². The maximum Gasteiger partial charge on any atom is 0.416 e. The summed E-state index contributed by atoms with van der Waals surface area (Å²) in [6, 6.07) is 4.13. The molecule has 0 saturated heterocycles. The third kappa shape index (κ3) is 3.54. The summed E-state index contributed by atoms with van der Waals surface area (Å²) in [5.74, 6) is -0.0163. The van der Waals surface area contributed by atoms with Crippen molar-refractivity contribution in [1.29, 1.82) is 0 Å². The Bertz CT molecular complexity index is 415. The van der Waals surface area contributed by atoms with Crippen LogP contribution in [0.5, 0.6) is 0 Å². The number of nitrogens with zero attached hydrogens (tertiary/aromatic N) is 1. The van der Waals surface area contributed by atoms with Gasteiger partial charge >= 0.3 is 6.18 Å². The van der Waals surface area contributed by atoms with Gasteiger partial charge in [-0.15, -0.1) is 0 Å². The number of amidine groups is 1. The minimum atomic E-state index is -4.35. The van der Waals surface area contributed by atoms with Crippen molar-refractivity contribution in [3.63, 3.8) is 0 Å². The van der Waals surface area contributed by atoms with Gasteiger partial charge in [0.2, 0.25) is 0 Å². The van der Waals surface area contributed by atoms with Crippen LogP contribution in [0, 0.1) is 0 Å². The van der Waals surface area contributed by atoms with E-state index in [0.29, 0.717) is 12.1 Å². The lowest BCUT2D eigenvalue weighted by Crippen LogP contribution is -2.35. The van der Waals surface area contributed by atoms with E-state index in [1.807, 2.05) is 0 Å². The monoisotopic (exact) mass is 261 g/mol. The van der Waals surface area contributed by atoms with Gasteiger partial charge in [0.25, 0.3) is 0 Å². The molecule has 0 fully saturated rings. The van der Waals surface area contributed by atoms with E-state index in [4.69, 9.17) is 10.9 Å². The molecule has 0 spiro atoms. The highest BCUT2D eigenvalue weighted by Crippen LogP contribution is 2.29. The first-order valence-corrected chi connectivity index (χ1v) is 5.29. The number of rotatable bonds is 4. The van der Waals surface area contributed by atoms with Gasteiger partial charge in [0.15, 0.2) is 5.84 Å². The van der Waals surface area contributed by atoms with Crippen LogP contribution < -0.4 is 11.1 Å². The van der Waals surface area contributed by atoms with Gasteiger partial charge in [0, 0.05) is 5.69 Å². The van der Waals surface area contributed by atoms with Gasteiger partial charge in [-0.05, 0) is 30.7 Å². The van der Waals surface area contributed by atoms with Crippen LogP contribution in [0.1, 0.15) is 18.9 Å². The Morgan fingerprint density at radius 3 is 2.33 bits per heavy atom. The Labute approximate surface area is 102 Å². The predicted octanol–water partition coefficient (Wildman–Crippen LogP) is 2.64. The third-order valence-electron chi connectivity index (χ3n) is 2.43. The van der Waals surface area contributed by atoms with Crippen molar-refractivity contribution in [1.82, 2.24) is 0 Å². The summed E-state index contributed by atoms with van der Waals surface area (Å²) in [4.78, 5) is 0. The van der Waals surface area contributed by atoms with E-state index in [9.17, 15) is 13.2 Å². The molecule has 0 aliphatic carbocycles. The minimum absolute atomic E-state index is 0.0163. The molecular weight excluding hydrogens is 247 g/mol. The average Bonchev–Trinajstić information content (AvgIpc) is 2.34. The number of oxime groups is 1. The standard InChI is InChI=1S/C11H14F3N3O/c1-2-9(10(15)17-18)16-8-5-3-7(4-6-8)11(12,13)14/h3-6,9,16,18H,2H2,1H3,(H2,15,17). The first kappa shape index (κ1) is 14.1. The van der Waals surface area contributed by atoms with Gasteiger partial charge in [-0.25, -0.2) is 0 Å². The van der Waals surface area contributed by atoms with Gasteiger partial charge in [-0.2, -0.15) is 13.2 Å². The number of benzene rings is 1. The Balaban J connectivity index is 2.80. The van der Waals surface area contributed by atoms with Crippen molar-refractivity contribution in [3.8, 4) is 0 Å². The van der Waals surface area contributed by atoms with Crippen LogP contribution in [-0.4, -0.2) is 17.1 Å². The Morgan fingerprint density at radius 1 is 1.39 bits per heavy atom. The van der Waals surface area contributed by atoms with E-state index in [2.05, 4.69) is 10.5 Å². The van der Waals surface area contributed by atoms with Crippen molar-refractivity contribution < 1.29 is 18.4 Å². The van der Waals surface area contributed by atoms with E-state index >= 15 is 0 Å². The number of nitrogens with two attached hydrogens (primary N) is 1. The van der Waals surface area contributed by atoms with Crippen LogP contribution in [0.25, 0.3) is 0 Å². The molecule has 0 aliphatic heterocycles. The molecule has 1 aromatic rings. The van der Waals surface area contributed by atoms with Crippen LogP contribution in [-0.2, 0) is 6.18 Å². The Kier molecular flexibility index (Phi) is 4.41. The fraction of sp³-hybridized carbons (Fsp3) is 0.364. The van der Waals surface area contributed by atoms with Crippen molar-refractivity contribution in [2.75, 3.05) is 5.32 Å². The van der Waals surface area contributed by atoms with Gasteiger partial charge in [0.05, 0.1) is 11.6 Å². The fourth-order valence-corrected chi connectivity index (χ4v) is 1.41. The van der Waals surface area contributed by atoms with Gasteiger partial charge in [-0.3, -0.25) is 0 Å². The van der Waals surface area contributed by atoms with Crippen LogP contribution in [0.2, 0.25) is 0 Å². The van der Waals surface area contributed by atoms with E-state index < -0.39 is 17.8 Å². The second-order valence-corrected chi connectivity index (χ2v) is 3.71. The maximum atomic E-state index is 12.3. The molecule has 7 heteroatoms. The lowest BCUT2D eigenvalue weighted by molar-refractivity contribution is -0.137. The first-order valence-electron chi connectivity index (χ1n) is 5.29. The molecule has 0 saturated carbocycles. The zero-order valence-corrected chi connectivity index (χ0v) is 9.70. The summed E-state index contributed by atoms with van der Waals surface area (Å²) in [5.41, 5.74) is 5.19. The molecule has 0 aromatic heterocycles. The molecule has 1 rings (SSSR count). The molecule has 1 unspecified atom stereocenters. The van der Waals surface area contributed by atoms with E-state index in [1.54, 1.807) is 6.92 Å². The summed E-state index contributed by atoms with van der Waals surface area (Å²) in [6.07, 6.45) is -3.81. The SMILES string of the molecule is CCC(Nc1ccc(C(F)(F)F)cc1)C(N)=NO. The average molecular weight is 261 g/mol. The topological polar surface area (TPSA) is 70.6 Å². The van der Waals surface area contributed by atoms with Gasteiger partial charge in [0.1, 0.15) is 0 Å². The van der Waals surface area contributed by atoms with Crippen LogP contribution >= 0.6 is 0 Å². The van der Waals surface area contributed by atoms with Crippen molar-refractivity contribution in [3.05, 3.63) is 29.8 Å². The molecule has 4 nitrogen and oxygen atoms in total. The zero-order chi connectivity index (χ0) is 13.8. The number of halogens is 3. The zero-order valence-electron chi connectivity index (χ0n) is 9.70. The molecule has 0 bridgehead atoms. The number of alkyl halides is 3. The molecule has 0 aliphatic rings. The highest BCUT2D eigenvalue weighted by molar-refractivity contribution is 5.87. The minimum Gasteiger partial charge on any atom is -0.409 e. The first-order chi connectivity index (χ1) is 8.38. The van der Waals surface area contributed by atoms with Crippen molar-refractivity contribution >= 4 is 11.5 Å². The fourth-order valence-electron chi connectivity index (χ4n) is 1.41. The molecule has 100 valence electrons. The smallest absolute Gasteiger partial charge is 0.409 e. The summed E-state index contributed by atoms with van der Waals surface area (Å²) < 4.78 is 37.0. The van der Waals surface area contributed by atoms with E-state index in [-0.39, 0.29) is 5.84 Å². The largest absolute Gasteiger partial charge is 0.416 e. The van der Waals surface area contributed by atoms with Crippen LogP contribution in [0.4, 0.5) is 18.9 Å². The number of nitrogens with one attached hydrogen (secondary N) is 1. The van der Waals surface area contributed by atoms with E-state index in [0.717, 1.165) is 12.1 Å². The lowest BCUT2D eigenvalue weighted by Gasteiger charge is -2.17. The molecule has 4 N–H and O–H groups in total. The summed E-state index contributed by atoms with van der Waals surface area (Å²) in [7, 11) is 0. The molecule has 0 amide bonds. The summed E-state index contributed by atoms with van der Waals surface area (Å²) >= 11 is 0. The predicted molar refractivity (Wildman–Crippen MR) is 62.6 cm³/mol. The van der Waals surface area contributed by atoms with Crippen molar-refractivity contribution in [2.24, 2.45) is 10.9 Å². The molecule has 1 aromatic carbocycles. The van der Waals surface area contributed by atoms with Crippen LogP contribution in [0.3, 0.4) is 0 Å². The molecule has 0 heterocycles. The Morgan fingerprint density at radius 2 is 1.94 bits per heavy atom. The highest BCUT2D eigenvalue weighted by atomic mass is 19.4. The van der Waals surface area contributed by atoms with Crippen LogP contribution in [0.15, 0.2) is 29.4 Å². The Hall–Kier alpha value is -1.92. The molecule has 0 radical (unpaired) electrons. The second kappa shape index (κ2) is 5.61. The van der Waals surface area contributed by atoms with Gasteiger partial charge in [-0.1, -0.05) is 12.1 Å². The summed E-state index contributed by atoms with van der Waals surface area (Å²) in [6.45, 7) is 1.81. The highest BCUT2D eigenvalue weighted by Gasteiger charge is 2.30. The normalized spacial score (nSPS) is 14.3. The number of hydrogen-bond donors (Lipinski definition) is 3. The second-order valence-electron chi connectivity index (χ2n) is 3.71. The quantitative estimate of drug-likeness (QED) is 0.338. The lowest BCUT2D eigenvalue weighted by atomic mass is 10.1. The van der Waals surface area contributed by atoms with Gasteiger partial charge < -0.3 is 16.3 Å². The van der Waals surface area contributed by atoms with E-state index in [1.165, 1.54) is 12.1 Å². The third-order valence-corrected chi connectivity index (χ3v) is 2.43. The molecule has 18 heavy (non-hydrogen) atoms. The molecular formula is C11H14F3N3O. The number of anilines is 1.